The van der Waals surface area contributed by atoms with Crippen molar-refractivity contribution >= 4 is 35.7 Å². The number of carbonyl (C=O) groups excluding carboxylic acids is 1. The average Bonchev–Trinajstić information content (AvgIpc) is 2.54. The molecule has 3 rings (SSSR count). The van der Waals surface area contributed by atoms with Crippen LogP contribution in [0, 0.1) is 5.92 Å². The molecular weight excluding hydrogens is 414 g/mol. The van der Waals surface area contributed by atoms with E-state index >= 15 is 0 Å². The number of amides is 1. The summed E-state index contributed by atoms with van der Waals surface area (Å²) in [5, 5.41) is 2.74. The molecule has 1 aromatic carbocycles. The van der Waals surface area contributed by atoms with Gasteiger partial charge in [-0.15, -0.1) is 0 Å². The van der Waals surface area contributed by atoms with Gasteiger partial charge in [0.2, 0.25) is 9.05 Å². The highest BCUT2D eigenvalue weighted by Gasteiger charge is 2.57. The monoisotopic (exact) mass is 435 g/mol. The smallest absolute Gasteiger partial charge is 0.407 e. The van der Waals surface area contributed by atoms with Crippen molar-refractivity contribution in [3.8, 4) is 0 Å². The van der Waals surface area contributed by atoms with Crippen LogP contribution in [0.4, 0.5) is 4.79 Å². The third kappa shape index (κ3) is 4.94. The van der Waals surface area contributed by atoms with E-state index < -0.39 is 29.7 Å². The van der Waals surface area contributed by atoms with E-state index in [2.05, 4.69) is 5.32 Å². The van der Waals surface area contributed by atoms with E-state index in [1.54, 1.807) is 0 Å². The Balaban J connectivity index is 1.55. The molecule has 1 heterocycles. The molecule has 1 amide bonds. The molecule has 7 nitrogen and oxygen atoms in total. The Morgan fingerprint density at radius 1 is 1.22 bits per heavy atom. The fourth-order valence-electron chi connectivity index (χ4n) is 4.06. The number of hydrogen-bond donors (Lipinski definition) is 1. The zero-order valence-corrected chi connectivity index (χ0v) is 17.0. The average molecular weight is 436 g/mol. The first-order valence-electron chi connectivity index (χ1n) is 8.70. The second kappa shape index (κ2) is 7.60. The highest BCUT2D eigenvalue weighted by molar-refractivity contribution is 8.13. The summed E-state index contributed by atoms with van der Waals surface area (Å²) >= 11 is 0. The predicted octanol–water partition coefficient (Wildman–Crippen LogP) is 2.21. The van der Waals surface area contributed by atoms with E-state index in [1.807, 2.05) is 30.3 Å². The van der Waals surface area contributed by atoms with Crippen molar-refractivity contribution in [1.29, 1.82) is 0 Å². The van der Waals surface area contributed by atoms with Gasteiger partial charge in [0.15, 0.2) is 9.84 Å². The molecule has 1 aliphatic carbocycles. The molecule has 10 heteroatoms. The van der Waals surface area contributed by atoms with Crippen molar-refractivity contribution < 1.29 is 26.4 Å². The Bertz CT molecular complexity index is 895. The van der Waals surface area contributed by atoms with E-state index in [-0.39, 0.29) is 49.3 Å². The molecule has 150 valence electrons. The number of sulfone groups is 1. The van der Waals surface area contributed by atoms with Gasteiger partial charge < -0.3 is 10.1 Å². The molecule has 1 aromatic rings. The predicted molar refractivity (Wildman–Crippen MR) is 102 cm³/mol. The minimum atomic E-state index is -3.66. The first kappa shape index (κ1) is 20.4. The van der Waals surface area contributed by atoms with Crippen LogP contribution in [0.3, 0.4) is 0 Å². The number of rotatable bonds is 5. The van der Waals surface area contributed by atoms with Crippen molar-refractivity contribution in [2.75, 3.05) is 11.5 Å². The highest BCUT2D eigenvalue weighted by Crippen LogP contribution is 2.50. The van der Waals surface area contributed by atoms with Crippen LogP contribution in [0.25, 0.3) is 0 Å². The second-order valence-electron chi connectivity index (χ2n) is 7.38. The van der Waals surface area contributed by atoms with Gasteiger partial charge in [0.1, 0.15) is 6.61 Å². The Hall–Kier alpha value is -1.32. The summed E-state index contributed by atoms with van der Waals surface area (Å²) in [5.41, 5.74) is 0.861. The summed E-state index contributed by atoms with van der Waals surface area (Å²) < 4.78 is 51.7. The van der Waals surface area contributed by atoms with Gasteiger partial charge >= 0.3 is 6.09 Å². The minimum absolute atomic E-state index is 0.0308. The number of hydrogen-bond acceptors (Lipinski definition) is 6. The van der Waals surface area contributed by atoms with Crippen molar-refractivity contribution in [3.05, 3.63) is 35.9 Å². The summed E-state index contributed by atoms with van der Waals surface area (Å²) in [4.78, 5) is 12.0. The standard InChI is InChI=1S/C17H22ClNO6S2/c18-27(23,24)12-14-8-17(9-14)10-15(6-7-26(17,21)22)19-16(20)25-11-13-4-2-1-3-5-13/h1-5,14-15H,6-12H2,(H,19,20). The Morgan fingerprint density at radius 2 is 1.89 bits per heavy atom. The number of alkyl carbamates (subject to hydrolysis) is 1. The van der Waals surface area contributed by atoms with E-state index in [4.69, 9.17) is 15.4 Å². The van der Waals surface area contributed by atoms with Crippen LogP contribution in [0.5, 0.6) is 0 Å². The first-order valence-corrected chi connectivity index (χ1v) is 12.8. The van der Waals surface area contributed by atoms with Crippen LogP contribution >= 0.6 is 10.7 Å². The van der Waals surface area contributed by atoms with Gasteiger partial charge in [-0.2, -0.15) is 0 Å². The van der Waals surface area contributed by atoms with E-state index in [0.29, 0.717) is 6.42 Å². The van der Waals surface area contributed by atoms with Crippen molar-refractivity contribution in [3.63, 3.8) is 0 Å². The number of carbonyl (C=O) groups is 1. The van der Waals surface area contributed by atoms with Crippen molar-refractivity contribution in [1.82, 2.24) is 5.32 Å². The van der Waals surface area contributed by atoms with Crippen LogP contribution < -0.4 is 5.32 Å². The van der Waals surface area contributed by atoms with Gasteiger partial charge in [0.25, 0.3) is 0 Å². The maximum Gasteiger partial charge on any atom is 0.407 e. The number of ether oxygens (including phenoxy) is 1. The third-order valence-corrected chi connectivity index (χ3v) is 9.14. The molecule has 1 unspecified atom stereocenters. The fraction of sp³-hybridized carbons (Fsp3) is 0.588. The summed E-state index contributed by atoms with van der Waals surface area (Å²) in [6.45, 7) is 0.137. The molecule has 1 spiro atoms. The Morgan fingerprint density at radius 3 is 2.52 bits per heavy atom. The minimum Gasteiger partial charge on any atom is -0.445 e. The lowest BCUT2D eigenvalue weighted by molar-refractivity contribution is 0.128. The Kier molecular flexibility index (Phi) is 5.74. The summed E-state index contributed by atoms with van der Waals surface area (Å²) in [7, 11) is -1.71. The molecule has 1 saturated heterocycles. The molecule has 1 atom stereocenters. The number of nitrogens with one attached hydrogen (secondary N) is 1. The highest BCUT2D eigenvalue weighted by atomic mass is 35.7. The van der Waals surface area contributed by atoms with Crippen LogP contribution in [-0.4, -0.2) is 45.2 Å². The summed E-state index contributed by atoms with van der Waals surface area (Å²) in [5.74, 6) is -0.508. The first-order chi connectivity index (χ1) is 12.6. The summed E-state index contributed by atoms with van der Waals surface area (Å²) in [6.07, 6.45) is 0.534. The molecule has 1 N–H and O–H groups in total. The number of halogens is 1. The zero-order valence-electron chi connectivity index (χ0n) is 14.6. The molecule has 0 bridgehead atoms. The molecule has 2 aliphatic rings. The van der Waals surface area contributed by atoms with Gasteiger partial charge in [-0.25, -0.2) is 21.6 Å². The number of benzene rings is 1. The van der Waals surface area contributed by atoms with E-state index in [1.165, 1.54) is 0 Å². The van der Waals surface area contributed by atoms with Gasteiger partial charge in [0.05, 0.1) is 16.3 Å². The molecule has 27 heavy (non-hydrogen) atoms. The fourth-order valence-corrected chi connectivity index (χ4v) is 7.85. The van der Waals surface area contributed by atoms with Crippen molar-refractivity contribution in [2.24, 2.45) is 5.92 Å². The normalized spacial score (nSPS) is 29.7. The van der Waals surface area contributed by atoms with Gasteiger partial charge in [0, 0.05) is 16.7 Å². The second-order valence-corrected chi connectivity index (χ2v) is 12.7. The van der Waals surface area contributed by atoms with E-state index in [9.17, 15) is 21.6 Å². The van der Waals surface area contributed by atoms with Crippen molar-refractivity contribution in [2.45, 2.75) is 43.1 Å². The summed E-state index contributed by atoms with van der Waals surface area (Å²) in [6, 6.07) is 8.93. The molecule has 1 aliphatic heterocycles. The van der Waals surface area contributed by atoms with E-state index in [0.717, 1.165) is 5.56 Å². The lowest BCUT2D eigenvalue weighted by atomic mass is 9.71. The lowest BCUT2D eigenvalue weighted by Crippen LogP contribution is -2.59. The maximum absolute atomic E-state index is 12.5. The lowest BCUT2D eigenvalue weighted by Gasteiger charge is -2.50. The molecule has 0 aromatic heterocycles. The quantitative estimate of drug-likeness (QED) is 0.710. The molecular formula is C17H22ClNO6S2. The van der Waals surface area contributed by atoms with Crippen LogP contribution in [0.2, 0.25) is 0 Å². The van der Waals surface area contributed by atoms with Crippen LogP contribution in [0.15, 0.2) is 30.3 Å². The SMILES string of the molecule is O=C(NC1CCS(=O)(=O)C2(CC(CS(=O)(=O)Cl)C2)C1)OCc1ccccc1. The van der Waals surface area contributed by atoms with Gasteiger partial charge in [-0.3, -0.25) is 0 Å². The maximum atomic E-state index is 12.5. The Labute approximate surface area is 163 Å². The third-order valence-electron chi connectivity index (χ3n) is 5.30. The van der Waals surface area contributed by atoms with Crippen LogP contribution in [-0.2, 0) is 30.2 Å². The largest absolute Gasteiger partial charge is 0.445 e. The zero-order chi connectivity index (χ0) is 19.7. The molecule has 2 fully saturated rings. The molecule has 1 saturated carbocycles. The molecule has 0 radical (unpaired) electrons. The van der Waals surface area contributed by atoms with Crippen LogP contribution in [0.1, 0.15) is 31.2 Å². The topological polar surface area (TPSA) is 107 Å². The van der Waals surface area contributed by atoms with Gasteiger partial charge in [-0.1, -0.05) is 30.3 Å². The van der Waals surface area contributed by atoms with Gasteiger partial charge in [-0.05, 0) is 37.2 Å².